The molecule has 208 valence electrons. The minimum absolute atomic E-state index is 0.168. The van der Waals surface area contributed by atoms with Gasteiger partial charge in [-0.05, 0) is 56.8 Å². The molecule has 0 spiro atoms. The molecule has 1 aliphatic heterocycles. The van der Waals surface area contributed by atoms with Crippen LogP contribution in [0, 0.1) is 0 Å². The molecule has 1 fully saturated rings. The van der Waals surface area contributed by atoms with E-state index in [0.29, 0.717) is 42.9 Å². The van der Waals surface area contributed by atoms with Gasteiger partial charge in [-0.25, -0.2) is 0 Å². The number of pyridine rings is 1. The number of hydrogen-bond acceptors (Lipinski definition) is 7. The summed E-state index contributed by atoms with van der Waals surface area (Å²) in [5, 5.41) is 0. The largest absolute Gasteiger partial charge is 0.497 e. The number of nitrogens with zero attached hydrogens (tertiary/aromatic N) is 3. The Labute approximate surface area is 229 Å². The van der Waals surface area contributed by atoms with Gasteiger partial charge in [0.05, 0.1) is 34.1 Å². The van der Waals surface area contributed by atoms with E-state index in [1.807, 2.05) is 41.3 Å². The number of carbonyl (C=O) groups excluding carboxylic acids is 1. The number of amides is 1. The van der Waals surface area contributed by atoms with Gasteiger partial charge in [0.1, 0.15) is 29.5 Å². The summed E-state index contributed by atoms with van der Waals surface area (Å²) < 4.78 is 23.8. The zero-order valence-electron chi connectivity index (χ0n) is 23.3. The molecule has 1 aliphatic rings. The molecule has 2 heterocycles. The van der Waals surface area contributed by atoms with Gasteiger partial charge in [-0.2, -0.15) is 0 Å². The molecule has 9 nitrogen and oxygen atoms in total. The van der Waals surface area contributed by atoms with Crippen LogP contribution in [0.1, 0.15) is 34.5 Å². The Balaban J connectivity index is 1.64. The molecule has 1 aromatic heterocycles. The Morgan fingerprint density at radius 3 is 2.18 bits per heavy atom. The third-order valence-corrected chi connectivity index (χ3v) is 7.18. The summed E-state index contributed by atoms with van der Waals surface area (Å²) in [7, 11) is 8.92. The molecule has 0 unspecified atom stereocenters. The fourth-order valence-electron chi connectivity index (χ4n) is 4.77. The number of benzene rings is 2. The van der Waals surface area contributed by atoms with Crippen molar-refractivity contribution in [1.29, 1.82) is 0 Å². The van der Waals surface area contributed by atoms with Crippen LogP contribution in [0.15, 0.2) is 59.5 Å². The SMILES string of the molecule is COc1ccc(COc2cn(Cc3ccc(OC)cc3OC)c(C(=O)N3CCC(N(C)C)CC3)cc2=O)cc1. The first-order valence-corrected chi connectivity index (χ1v) is 13.0. The van der Waals surface area contributed by atoms with E-state index in [4.69, 9.17) is 18.9 Å². The Morgan fingerprint density at radius 2 is 1.56 bits per heavy atom. The zero-order valence-corrected chi connectivity index (χ0v) is 23.3. The number of aromatic nitrogens is 1. The van der Waals surface area contributed by atoms with Crippen molar-refractivity contribution in [3.63, 3.8) is 0 Å². The Morgan fingerprint density at radius 1 is 0.897 bits per heavy atom. The highest BCUT2D eigenvalue weighted by Gasteiger charge is 2.27. The van der Waals surface area contributed by atoms with E-state index in [0.717, 1.165) is 29.7 Å². The maximum atomic E-state index is 13.7. The van der Waals surface area contributed by atoms with Crippen molar-refractivity contribution in [3.05, 3.63) is 81.8 Å². The van der Waals surface area contributed by atoms with Gasteiger partial charge < -0.3 is 33.3 Å². The number of methoxy groups -OCH3 is 3. The van der Waals surface area contributed by atoms with E-state index in [2.05, 4.69) is 19.0 Å². The van der Waals surface area contributed by atoms with Gasteiger partial charge in [-0.3, -0.25) is 9.59 Å². The lowest BCUT2D eigenvalue weighted by Gasteiger charge is -2.35. The third kappa shape index (κ3) is 6.72. The molecule has 9 heteroatoms. The predicted molar refractivity (Wildman–Crippen MR) is 149 cm³/mol. The topological polar surface area (TPSA) is 82.5 Å². The van der Waals surface area contributed by atoms with Gasteiger partial charge in [-0.15, -0.1) is 0 Å². The smallest absolute Gasteiger partial charge is 0.270 e. The second-order valence-electron chi connectivity index (χ2n) is 9.82. The summed E-state index contributed by atoms with van der Waals surface area (Å²) in [6, 6.07) is 14.8. The number of rotatable bonds is 10. The van der Waals surface area contributed by atoms with Crippen molar-refractivity contribution >= 4 is 5.91 Å². The summed E-state index contributed by atoms with van der Waals surface area (Å²) in [5.74, 6) is 2.03. The summed E-state index contributed by atoms with van der Waals surface area (Å²) in [5.41, 5.74) is 1.71. The van der Waals surface area contributed by atoms with Crippen LogP contribution in [-0.2, 0) is 13.2 Å². The minimum Gasteiger partial charge on any atom is -0.497 e. The highest BCUT2D eigenvalue weighted by atomic mass is 16.5. The average molecular weight is 536 g/mol. The molecule has 2 aromatic carbocycles. The summed E-state index contributed by atoms with van der Waals surface area (Å²) in [4.78, 5) is 30.8. The summed E-state index contributed by atoms with van der Waals surface area (Å²) in [6.07, 6.45) is 3.39. The van der Waals surface area contributed by atoms with E-state index in [-0.39, 0.29) is 23.7 Å². The van der Waals surface area contributed by atoms with E-state index >= 15 is 0 Å². The maximum Gasteiger partial charge on any atom is 0.270 e. The molecule has 0 N–H and O–H groups in total. The van der Waals surface area contributed by atoms with Gasteiger partial charge >= 0.3 is 0 Å². The van der Waals surface area contributed by atoms with Crippen molar-refractivity contribution in [2.24, 2.45) is 0 Å². The van der Waals surface area contributed by atoms with Crippen molar-refractivity contribution in [1.82, 2.24) is 14.4 Å². The lowest BCUT2D eigenvalue weighted by molar-refractivity contribution is 0.0651. The van der Waals surface area contributed by atoms with E-state index in [1.54, 1.807) is 38.2 Å². The fraction of sp³-hybridized carbons (Fsp3) is 0.400. The van der Waals surface area contributed by atoms with Crippen LogP contribution in [0.5, 0.6) is 23.0 Å². The quantitative estimate of drug-likeness (QED) is 0.392. The lowest BCUT2D eigenvalue weighted by Crippen LogP contribution is -2.45. The average Bonchev–Trinajstić information content (AvgIpc) is 2.97. The van der Waals surface area contributed by atoms with Crippen molar-refractivity contribution in [3.8, 4) is 23.0 Å². The van der Waals surface area contributed by atoms with Crippen molar-refractivity contribution in [2.75, 3.05) is 48.5 Å². The van der Waals surface area contributed by atoms with Crippen molar-refractivity contribution in [2.45, 2.75) is 32.0 Å². The van der Waals surface area contributed by atoms with Crippen LogP contribution in [-0.4, -0.2) is 74.8 Å². The molecule has 1 saturated heterocycles. The predicted octanol–water partition coefficient (Wildman–Crippen LogP) is 3.67. The molecule has 0 atom stereocenters. The number of piperidine rings is 1. The Bertz CT molecular complexity index is 1330. The Kier molecular flexibility index (Phi) is 9.14. The molecular weight excluding hydrogens is 498 g/mol. The highest BCUT2D eigenvalue weighted by molar-refractivity contribution is 5.92. The van der Waals surface area contributed by atoms with Gasteiger partial charge in [0.25, 0.3) is 5.91 Å². The van der Waals surface area contributed by atoms with Gasteiger partial charge in [0.15, 0.2) is 5.75 Å². The first-order valence-electron chi connectivity index (χ1n) is 13.0. The molecule has 0 bridgehead atoms. The number of likely N-dealkylation sites (tertiary alicyclic amines) is 1. The molecular formula is C30H37N3O6. The van der Waals surface area contributed by atoms with Crippen LogP contribution in [0.3, 0.4) is 0 Å². The van der Waals surface area contributed by atoms with Crippen LogP contribution in [0.2, 0.25) is 0 Å². The fourth-order valence-corrected chi connectivity index (χ4v) is 4.77. The van der Waals surface area contributed by atoms with Gasteiger partial charge in [-0.1, -0.05) is 12.1 Å². The third-order valence-electron chi connectivity index (χ3n) is 7.18. The molecule has 1 amide bonds. The van der Waals surface area contributed by atoms with Crippen LogP contribution in [0.25, 0.3) is 0 Å². The zero-order chi connectivity index (χ0) is 27.9. The minimum atomic E-state index is -0.340. The normalized spacial score (nSPS) is 13.8. The molecule has 4 rings (SSSR count). The van der Waals surface area contributed by atoms with Crippen LogP contribution < -0.4 is 24.4 Å². The standard InChI is InChI=1S/C30H37N3O6/c1-31(2)23-12-14-32(15-13-23)30(35)26-17-27(34)29(39-20-21-6-9-24(36-3)10-7-21)19-33(26)18-22-8-11-25(37-4)16-28(22)38-5/h6-11,16-17,19,23H,12-15,18,20H2,1-5H3. The number of ether oxygens (including phenoxy) is 4. The van der Waals surface area contributed by atoms with Crippen LogP contribution >= 0.6 is 0 Å². The Hall–Kier alpha value is -3.98. The van der Waals surface area contributed by atoms with Crippen molar-refractivity contribution < 1.29 is 23.7 Å². The van der Waals surface area contributed by atoms with Gasteiger partial charge in [0, 0.05) is 36.8 Å². The molecule has 0 aliphatic carbocycles. The molecule has 0 radical (unpaired) electrons. The van der Waals surface area contributed by atoms with E-state index in [9.17, 15) is 9.59 Å². The molecule has 39 heavy (non-hydrogen) atoms. The first-order chi connectivity index (χ1) is 18.8. The summed E-state index contributed by atoms with van der Waals surface area (Å²) >= 11 is 0. The number of hydrogen-bond donors (Lipinski definition) is 0. The first kappa shape index (κ1) is 28.0. The van der Waals surface area contributed by atoms with Gasteiger partial charge in [0.2, 0.25) is 5.43 Å². The lowest BCUT2D eigenvalue weighted by atomic mass is 10.0. The molecule has 0 saturated carbocycles. The number of carbonyl (C=O) groups is 1. The maximum absolute atomic E-state index is 13.7. The molecule has 3 aromatic rings. The monoisotopic (exact) mass is 535 g/mol. The van der Waals surface area contributed by atoms with Crippen LogP contribution in [0.4, 0.5) is 0 Å². The highest BCUT2D eigenvalue weighted by Crippen LogP contribution is 2.27. The van der Waals surface area contributed by atoms with E-state index in [1.165, 1.54) is 6.07 Å². The second-order valence-corrected chi connectivity index (χ2v) is 9.82. The second kappa shape index (κ2) is 12.7. The summed E-state index contributed by atoms with van der Waals surface area (Å²) in [6.45, 7) is 1.78. The van der Waals surface area contributed by atoms with E-state index < -0.39 is 0 Å².